The van der Waals surface area contributed by atoms with Gasteiger partial charge in [-0.05, 0) is 56.2 Å². The summed E-state index contributed by atoms with van der Waals surface area (Å²) in [6.45, 7) is 2.26. The van der Waals surface area contributed by atoms with E-state index < -0.39 is 0 Å². The Morgan fingerprint density at radius 2 is 1.94 bits per heavy atom. The summed E-state index contributed by atoms with van der Waals surface area (Å²) in [6.07, 6.45) is 8.75. The quantitative estimate of drug-likeness (QED) is 0.715. The number of benzene rings is 1. The van der Waals surface area contributed by atoms with Gasteiger partial charge in [0.1, 0.15) is 0 Å². The fraction of sp³-hybridized carbons (Fsp3) is 0.529. The Kier molecular flexibility index (Phi) is 2.09. The van der Waals surface area contributed by atoms with E-state index in [4.69, 9.17) is 4.74 Å². The van der Waals surface area contributed by atoms with E-state index in [1.165, 1.54) is 37.7 Å². The second kappa shape index (κ2) is 3.48. The Morgan fingerprint density at radius 1 is 1.11 bits per heavy atom. The maximum Gasteiger partial charge on any atom is 0.0849 e. The maximum atomic E-state index is 6.47. The Hall–Kier alpha value is -1.08. The molecule has 2 heterocycles. The van der Waals surface area contributed by atoms with Gasteiger partial charge in [0.15, 0.2) is 0 Å². The van der Waals surface area contributed by atoms with Gasteiger partial charge in [0.2, 0.25) is 0 Å². The number of rotatable bonds is 1. The maximum absolute atomic E-state index is 6.47. The van der Waals surface area contributed by atoms with Crippen molar-refractivity contribution < 1.29 is 4.74 Å². The van der Waals surface area contributed by atoms with E-state index in [1.54, 1.807) is 5.57 Å². The van der Waals surface area contributed by atoms with Crippen LogP contribution in [0.2, 0.25) is 0 Å². The summed E-state index contributed by atoms with van der Waals surface area (Å²) >= 11 is 0. The van der Waals surface area contributed by atoms with Gasteiger partial charge in [0.05, 0.1) is 11.2 Å². The zero-order valence-electron chi connectivity index (χ0n) is 11.0. The lowest BCUT2D eigenvalue weighted by molar-refractivity contribution is -0.0892. The minimum absolute atomic E-state index is 0.00792. The standard InChI is InChI=1S/C17H20O/c1-16-10-11-17(18-16)9-5-8-15(17)14(12-16)13-6-3-2-4-7-13/h2-4,6-7,12,15H,5,8-11H2,1H3/t15-,16-,17+/m0/s1. The van der Waals surface area contributed by atoms with Crippen LogP contribution < -0.4 is 0 Å². The Balaban J connectivity index is 1.85. The highest BCUT2D eigenvalue weighted by atomic mass is 16.5. The van der Waals surface area contributed by atoms with Crippen molar-refractivity contribution in [3.8, 4) is 0 Å². The molecule has 1 saturated heterocycles. The lowest BCUT2D eigenvalue weighted by Gasteiger charge is -2.40. The molecule has 2 aliphatic heterocycles. The summed E-state index contributed by atoms with van der Waals surface area (Å²) in [6, 6.07) is 10.9. The molecular weight excluding hydrogens is 220 g/mol. The molecule has 94 valence electrons. The first-order valence-electron chi connectivity index (χ1n) is 7.19. The highest BCUT2D eigenvalue weighted by molar-refractivity contribution is 5.71. The zero-order valence-corrected chi connectivity index (χ0v) is 11.0. The smallest absolute Gasteiger partial charge is 0.0849 e. The van der Waals surface area contributed by atoms with E-state index >= 15 is 0 Å². The molecule has 1 heteroatoms. The highest BCUT2D eigenvalue weighted by Crippen LogP contribution is 2.59. The first-order valence-corrected chi connectivity index (χ1v) is 7.19. The van der Waals surface area contributed by atoms with Crippen molar-refractivity contribution in [1.82, 2.24) is 0 Å². The summed E-state index contributed by atoms with van der Waals surface area (Å²) in [5, 5.41) is 0. The summed E-state index contributed by atoms with van der Waals surface area (Å²) in [5.41, 5.74) is 3.13. The number of ether oxygens (including phenoxy) is 1. The number of hydrogen-bond donors (Lipinski definition) is 0. The van der Waals surface area contributed by atoms with Gasteiger partial charge >= 0.3 is 0 Å². The summed E-state index contributed by atoms with van der Waals surface area (Å²) in [7, 11) is 0. The molecule has 1 saturated carbocycles. The lowest BCUT2D eigenvalue weighted by Crippen LogP contribution is -2.40. The van der Waals surface area contributed by atoms with Crippen molar-refractivity contribution in [2.45, 2.75) is 50.2 Å². The van der Waals surface area contributed by atoms with Gasteiger partial charge in [-0.25, -0.2) is 0 Å². The molecular formula is C17H20O. The second-order valence-electron chi connectivity index (χ2n) is 6.39. The SMILES string of the molecule is C[C@@]12C=C(c3ccccc3)[C@@H]3CCC[C@]3(CC1)O2. The van der Waals surface area contributed by atoms with Crippen molar-refractivity contribution in [2.75, 3.05) is 0 Å². The van der Waals surface area contributed by atoms with Gasteiger partial charge in [-0.3, -0.25) is 0 Å². The van der Waals surface area contributed by atoms with Crippen LogP contribution in [-0.4, -0.2) is 11.2 Å². The zero-order chi connectivity index (χ0) is 12.2. The topological polar surface area (TPSA) is 9.23 Å². The van der Waals surface area contributed by atoms with Crippen molar-refractivity contribution in [3.63, 3.8) is 0 Å². The van der Waals surface area contributed by atoms with Crippen LogP contribution in [0.5, 0.6) is 0 Å². The lowest BCUT2D eigenvalue weighted by atomic mass is 9.79. The van der Waals surface area contributed by atoms with Crippen LogP contribution in [-0.2, 0) is 4.74 Å². The average molecular weight is 240 g/mol. The third kappa shape index (κ3) is 1.37. The molecule has 2 bridgehead atoms. The number of hydrogen-bond acceptors (Lipinski definition) is 1. The minimum atomic E-state index is -0.00792. The van der Waals surface area contributed by atoms with Crippen LogP contribution in [0.3, 0.4) is 0 Å². The fourth-order valence-electron chi connectivity index (χ4n) is 4.38. The van der Waals surface area contributed by atoms with E-state index in [-0.39, 0.29) is 11.2 Å². The molecule has 3 aliphatic rings. The van der Waals surface area contributed by atoms with Crippen LogP contribution in [0.4, 0.5) is 0 Å². The van der Waals surface area contributed by atoms with E-state index in [0.29, 0.717) is 5.92 Å². The summed E-state index contributed by atoms with van der Waals surface area (Å²) in [5.74, 6) is 0.635. The summed E-state index contributed by atoms with van der Waals surface area (Å²) in [4.78, 5) is 0. The van der Waals surface area contributed by atoms with Crippen molar-refractivity contribution >= 4 is 5.57 Å². The fourth-order valence-corrected chi connectivity index (χ4v) is 4.38. The minimum Gasteiger partial charge on any atom is -0.364 e. The van der Waals surface area contributed by atoms with Gasteiger partial charge in [-0.2, -0.15) is 0 Å². The first-order chi connectivity index (χ1) is 8.71. The van der Waals surface area contributed by atoms with E-state index in [0.717, 1.165) is 0 Å². The van der Waals surface area contributed by atoms with Crippen LogP contribution >= 0.6 is 0 Å². The van der Waals surface area contributed by atoms with Crippen molar-refractivity contribution in [2.24, 2.45) is 5.92 Å². The van der Waals surface area contributed by atoms with Gasteiger partial charge in [-0.1, -0.05) is 30.3 Å². The Morgan fingerprint density at radius 3 is 2.78 bits per heavy atom. The molecule has 4 rings (SSSR count). The molecule has 1 aliphatic carbocycles. The van der Waals surface area contributed by atoms with Gasteiger partial charge < -0.3 is 4.74 Å². The van der Waals surface area contributed by atoms with Gasteiger partial charge in [0, 0.05) is 5.92 Å². The number of fused-ring (bicyclic) bond motifs is 1. The average Bonchev–Trinajstić information content (AvgIpc) is 2.92. The van der Waals surface area contributed by atoms with Gasteiger partial charge in [-0.15, -0.1) is 0 Å². The molecule has 0 amide bonds. The van der Waals surface area contributed by atoms with Crippen molar-refractivity contribution in [1.29, 1.82) is 0 Å². The Bertz CT molecular complexity index is 504. The van der Waals surface area contributed by atoms with Crippen LogP contribution in [0.15, 0.2) is 36.4 Å². The molecule has 1 nitrogen and oxygen atoms in total. The van der Waals surface area contributed by atoms with E-state index in [2.05, 4.69) is 43.3 Å². The van der Waals surface area contributed by atoms with Gasteiger partial charge in [0.25, 0.3) is 0 Å². The highest BCUT2D eigenvalue weighted by Gasteiger charge is 2.56. The molecule has 18 heavy (non-hydrogen) atoms. The molecule has 0 unspecified atom stereocenters. The van der Waals surface area contributed by atoms with E-state index in [9.17, 15) is 0 Å². The monoisotopic (exact) mass is 240 g/mol. The molecule has 1 aromatic carbocycles. The molecule has 0 aromatic heterocycles. The molecule has 1 spiro atoms. The molecule has 2 fully saturated rings. The third-order valence-electron chi connectivity index (χ3n) is 5.15. The molecule has 0 N–H and O–H groups in total. The predicted molar refractivity (Wildman–Crippen MR) is 73.2 cm³/mol. The molecule has 3 atom stereocenters. The normalized spacial score (nSPS) is 41.6. The van der Waals surface area contributed by atoms with Crippen LogP contribution in [0.25, 0.3) is 5.57 Å². The van der Waals surface area contributed by atoms with Crippen LogP contribution in [0, 0.1) is 5.92 Å². The second-order valence-corrected chi connectivity index (χ2v) is 6.39. The molecule has 1 aromatic rings. The predicted octanol–water partition coefficient (Wildman–Crippen LogP) is 4.19. The van der Waals surface area contributed by atoms with Crippen molar-refractivity contribution in [3.05, 3.63) is 42.0 Å². The van der Waals surface area contributed by atoms with Crippen LogP contribution in [0.1, 0.15) is 44.6 Å². The first kappa shape index (κ1) is 10.8. The Labute approximate surface area is 109 Å². The van der Waals surface area contributed by atoms with E-state index in [1.807, 2.05) is 0 Å². The molecule has 0 radical (unpaired) electrons. The third-order valence-corrected chi connectivity index (χ3v) is 5.15. The summed E-state index contributed by atoms with van der Waals surface area (Å²) < 4.78 is 6.47. The largest absolute Gasteiger partial charge is 0.364 e.